The molecule has 1 rings (SSSR count). The highest BCUT2D eigenvalue weighted by molar-refractivity contribution is 5.78. The second-order valence-corrected chi connectivity index (χ2v) is 5.56. The van der Waals surface area contributed by atoms with Crippen molar-refractivity contribution in [3.8, 4) is 5.75 Å². The average molecular weight is 320 g/mol. The topological polar surface area (TPSA) is 58.6 Å². The van der Waals surface area contributed by atoms with Crippen LogP contribution in [0.2, 0.25) is 0 Å². The molecule has 1 aromatic rings. The number of nitrogens with one attached hydrogen (secondary N) is 1. The van der Waals surface area contributed by atoms with Crippen molar-refractivity contribution in [3.05, 3.63) is 29.8 Å². The lowest BCUT2D eigenvalue weighted by Crippen LogP contribution is -2.33. The first kappa shape index (κ1) is 19.0. The van der Waals surface area contributed by atoms with Crippen LogP contribution in [-0.2, 0) is 16.1 Å². The van der Waals surface area contributed by atoms with Crippen LogP contribution in [-0.4, -0.2) is 36.9 Å². The molecule has 0 aromatic heterocycles. The van der Waals surface area contributed by atoms with Gasteiger partial charge in [-0.3, -0.25) is 9.59 Å². The number of rotatable bonds is 10. The summed E-state index contributed by atoms with van der Waals surface area (Å²) in [4.78, 5) is 25.3. The zero-order chi connectivity index (χ0) is 17.1. The molecule has 0 fully saturated rings. The highest BCUT2D eigenvalue weighted by Crippen LogP contribution is 2.19. The number of methoxy groups -OCH3 is 1. The van der Waals surface area contributed by atoms with Gasteiger partial charge in [-0.1, -0.05) is 38.0 Å². The number of unbranched alkanes of at least 4 members (excludes halogenated alkanes) is 2. The monoisotopic (exact) mass is 320 g/mol. The van der Waals surface area contributed by atoms with Gasteiger partial charge in [0.25, 0.3) is 0 Å². The summed E-state index contributed by atoms with van der Waals surface area (Å²) in [5.41, 5.74) is 0.938. The predicted octanol–water partition coefficient (Wildman–Crippen LogP) is 2.74. The SMILES string of the molecule is CCCCCNC(=O)CCN(Cc1ccccc1OC)C(C)=O. The molecule has 0 heterocycles. The van der Waals surface area contributed by atoms with Crippen molar-refractivity contribution in [3.63, 3.8) is 0 Å². The Labute approximate surface area is 139 Å². The highest BCUT2D eigenvalue weighted by Gasteiger charge is 2.13. The minimum atomic E-state index is -0.0466. The summed E-state index contributed by atoms with van der Waals surface area (Å²) in [5, 5.41) is 2.90. The van der Waals surface area contributed by atoms with Gasteiger partial charge in [0, 0.05) is 38.5 Å². The number of carbonyl (C=O) groups excluding carboxylic acids is 2. The lowest BCUT2D eigenvalue weighted by molar-refractivity contribution is -0.130. The average Bonchev–Trinajstić information content (AvgIpc) is 2.55. The molecule has 128 valence electrons. The van der Waals surface area contributed by atoms with Crippen molar-refractivity contribution in [1.29, 1.82) is 0 Å². The van der Waals surface area contributed by atoms with Crippen molar-refractivity contribution in [2.75, 3.05) is 20.2 Å². The third-order valence-corrected chi connectivity index (χ3v) is 3.71. The van der Waals surface area contributed by atoms with E-state index in [2.05, 4.69) is 12.2 Å². The van der Waals surface area contributed by atoms with Crippen molar-refractivity contribution in [1.82, 2.24) is 10.2 Å². The van der Waals surface area contributed by atoms with E-state index in [4.69, 9.17) is 4.74 Å². The van der Waals surface area contributed by atoms with Gasteiger partial charge in [-0.25, -0.2) is 0 Å². The second-order valence-electron chi connectivity index (χ2n) is 5.56. The summed E-state index contributed by atoms with van der Waals surface area (Å²) in [6.45, 7) is 5.22. The summed E-state index contributed by atoms with van der Waals surface area (Å²) in [7, 11) is 1.61. The highest BCUT2D eigenvalue weighted by atomic mass is 16.5. The van der Waals surface area contributed by atoms with E-state index in [0.717, 1.165) is 30.6 Å². The number of benzene rings is 1. The van der Waals surface area contributed by atoms with E-state index >= 15 is 0 Å². The zero-order valence-electron chi connectivity index (χ0n) is 14.4. The van der Waals surface area contributed by atoms with Crippen molar-refractivity contribution in [2.45, 2.75) is 46.1 Å². The number of amides is 2. The quantitative estimate of drug-likeness (QED) is 0.674. The van der Waals surface area contributed by atoms with Gasteiger partial charge in [-0.05, 0) is 12.5 Å². The van der Waals surface area contributed by atoms with E-state index in [-0.39, 0.29) is 11.8 Å². The summed E-state index contributed by atoms with van der Waals surface area (Å²) < 4.78 is 5.31. The summed E-state index contributed by atoms with van der Waals surface area (Å²) >= 11 is 0. The lowest BCUT2D eigenvalue weighted by atomic mass is 10.2. The Balaban J connectivity index is 2.49. The van der Waals surface area contributed by atoms with Crippen LogP contribution in [0.1, 0.15) is 45.1 Å². The van der Waals surface area contributed by atoms with Crippen LogP contribution in [0.5, 0.6) is 5.75 Å². The van der Waals surface area contributed by atoms with Gasteiger partial charge in [-0.15, -0.1) is 0 Å². The largest absolute Gasteiger partial charge is 0.496 e. The molecule has 5 heteroatoms. The van der Waals surface area contributed by atoms with E-state index in [1.807, 2.05) is 24.3 Å². The lowest BCUT2D eigenvalue weighted by Gasteiger charge is -2.22. The predicted molar refractivity (Wildman–Crippen MR) is 91.2 cm³/mol. The van der Waals surface area contributed by atoms with Crippen LogP contribution in [0.3, 0.4) is 0 Å². The third-order valence-electron chi connectivity index (χ3n) is 3.71. The molecule has 0 bridgehead atoms. The fourth-order valence-electron chi connectivity index (χ4n) is 2.31. The Hall–Kier alpha value is -2.04. The smallest absolute Gasteiger partial charge is 0.221 e. The number of hydrogen-bond donors (Lipinski definition) is 1. The molecule has 0 aliphatic heterocycles. The molecule has 0 saturated heterocycles. The van der Waals surface area contributed by atoms with Gasteiger partial charge in [-0.2, -0.15) is 0 Å². The molecule has 0 atom stereocenters. The van der Waals surface area contributed by atoms with Crippen molar-refractivity contribution in [2.24, 2.45) is 0 Å². The molecule has 1 aromatic carbocycles. The minimum absolute atomic E-state index is 0.00706. The van der Waals surface area contributed by atoms with Crippen molar-refractivity contribution >= 4 is 11.8 Å². The third kappa shape index (κ3) is 7.17. The molecule has 0 unspecified atom stereocenters. The van der Waals surface area contributed by atoms with Gasteiger partial charge < -0.3 is 15.0 Å². The van der Waals surface area contributed by atoms with E-state index in [1.165, 1.54) is 6.92 Å². The summed E-state index contributed by atoms with van der Waals surface area (Å²) in [5.74, 6) is 0.699. The molecule has 23 heavy (non-hydrogen) atoms. The molecule has 1 N–H and O–H groups in total. The summed E-state index contributed by atoms with van der Waals surface area (Å²) in [6.07, 6.45) is 3.57. The maximum atomic E-state index is 11.8. The Bertz CT molecular complexity index is 503. The Kier molecular flexibility index (Phi) is 8.80. The van der Waals surface area contributed by atoms with Gasteiger partial charge in [0.15, 0.2) is 0 Å². The number of hydrogen-bond acceptors (Lipinski definition) is 3. The van der Waals surface area contributed by atoms with Crippen LogP contribution in [0, 0.1) is 0 Å². The first-order valence-electron chi connectivity index (χ1n) is 8.22. The van der Waals surface area contributed by atoms with Gasteiger partial charge in [0.1, 0.15) is 5.75 Å². The Morgan fingerprint density at radius 2 is 1.96 bits per heavy atom. The van der Waals surface area contributed by atoms with Crippen LogP contribution in [0.25, 0.3) is 0 Å². The van der Waals surface area contributed by atoms with Gasteiger partial charge >= 0.3 is 0 Å². The number of ether oxygens (including phenoxy) is 1. The number of para-hydroxylation sites is 1. The molecular formula is C18H28N2O3. The molecule has 2 amide bonds. The van der Waals surface area contributed by atoms with Gasteiger partial charge in [0.05, 0.1) is 7.11 Å². The van der Waals surface area contributed by atoms with Crippen LogP contribution < -0.4 is 10.1 Å². The van der Waals surface area contributed by atoms with Crippen molar-refractivity contribution < 1.29 is 14.3 Å². The fraction of sp³-hybridized carbons (Fsp3) is 0.556. The van der Waals surface area contributed by atoms with Gasteiger partial charge in [0.2, 0.25) is 11.8 Å². The maximum Gasteiger partial charge on any atom is 0.221 e. The molecule has 0 aliphatic rings. The maximum absolute atomic E-state index is 11.8. The number of nitrogens with zero attached hydrogens (tertiary/aromatic N) is 1. The molecular weight excluding hydrogens is 292 g/mol. The molecule has 0 radical (unpaired) electrons. The first-order chi connectivity index (χ1) is 11.1. The van der Waals surface area contributed by atoms with E-state index in [0.29, 0.717) is 26.1 Å². The molecule has 0 saturated carbocycles. The normalized spacial score (nSPS) is 10.2. The second kappa shape index (κ2) is 10.6. The molecule has 5 nitrogen and oxygen atoms in total. The van der Waals surface area contributed by atoms with E-state index in [1.54, 1.807) is 12.0 Å². The molecule has 0 aliphatic carbocycles. The van der Waals surface area contributed by atoms with Crippen LogP contribution >= 0.6 is 0 Å². The zero-order valence-corrected chi connectivity index (χ0v) is 14.4. The fourth-order valence-corrected chi connectivity index (χ4v) is 2.31. The first-order valence-corrected chi connectivity index (χ1v) is 8.22. The minimum Gasteiger partial charge on any atom is -0.496 e. The number of carbonyl (C=O) groups is 2. The Morgan fingerprint density at radius 1 is 1.22 bits per heavy atom. The Morgan fingerprint density at radius 3 is 2.61 bits per heavy atom. The van der Waals surface area contributed by atoms with E-state index in [9.17, 15) is 9.59 Å². The van der Waals surface area contributed by atoms with Crippen LogP contribution in [0.15, 0.2) is 24.3 Å². The van der Waals surface area contributed by atoms with Crippen LogP contribution in [0.4, 0.5) is 0 Å². The van der Waals surface area contributed by atoms with E-state index < -0.39 is 0 Å². The standard InChI is InChI=1S/C18H28N2O3/c1-4-5-8-12-19-18(22)11-13-20(15(2)21)14-16-9-6-7-10-17(16)23-3/h6-7,9-10H,4-5,8,11-14H2,1-3H3,(H,19,22). The molecule has 0 spiro atoms. The summed E-state index contributed by atoms with van der Waals surface area (Å²) in [6, 6.07) is 7.61.